The average molecular weight is 348 g/mol. The first-order valence-electron chi connectivity index (χ1n) is 9.36. The van der Waals surface area contributed by atoms with Gasteiger partial charge in [-0.3, -0.25) is 9.59 Å². The highest BCUT2D eigenvalue weighted by atomic mass is 19.1. The van der Waals surface area contributed by atoms with Crippen LogP contribution in [0.3, 0.4) is 0 Å². The highest BCUT2D eigenvalue weighted by Gasteiger charge is 2.29. The second-order valence-corrected chi connectivity index (χ2v) is 6.90. The van der Waals surface area contributed by atoms with Crippen molar-refractivity contribution < 1.29 is 14.0 Å². The maximum Gasteiger partial charge on any atom is 0.254 e. The van der Waals surface area contributed by atoms with Gasteiger partial charge in [-0.2, -0.15) is 0 Å². The lowest BCUT2D eigenvalue weighted by Gasteiger charge is -2.32. The van der Waals surface area contributed by atoms with Gasteiger partial charge in [-0.15, -0.1) is 0 Å². The summed E-state index contributed by atoms with van der Waals surface area (Å²) < 4.78 is 13.5. The van der Waals surface area contributed by atoms with Crippen LogP contribution in [0, 0.1) is 18.7 Å². The molecule has 0 radical (unpaired) electrons. The van der Waals surface area contributed by atoms with Crippen LogP contribution in [0.15, 0.2) is 18.2 Å². The van der Waals surface area contributed by atoms with Gasteiger partial charge >= 0.3 is 0 Å². The molecule has 1 heterocycles. The second-order valence-electron chi connectivity index (χ2n) is 6.90. The van der Waals surface area contributed by atoms with Crippen LogP contribution in [0.1, 0.15) is 61.4 Å². The van der Waals surface area contributed by atoms with Crippen molar-refractivity contribution in [3.05, 3.63) is 35.1 Å². The van der Waals surface area contributed by atoms with Gasteiger partial charge in [0.1, 0.15) is 5.82 Å². The van der Waals surface area contributed by atoms with E-state index in [1.165, 1.54) is 25.0 Å². The zero-order chi connectivity index (χ0) is 18.2. The lowest BCUT2D eigenvalue weighted by atomic mass is 9.96. The Morgan fingerprint density at radius 3 is 2.84 bits per heavy atom. The lowest BCUT2D eigenvalue weighted by Crippen LogP contribution is -2.45. The third kappa shape index (κ3) is 5.55. The summed E-state index contributed by atoms with van der Waals surface area (Å²) in [5.41, 5.74) is 1.15. The molecule has 1 aromatic rings. The minimum atomic E-state index is -0.410. The standard InChI is InChI=1S/C20H29FN2O2/c1-3-4-5-6-11-22-19(24)16-8-7-12-23(14-16)20(25)18-13-17(21)10-9-15(18)2/h9-10,13,16H,3-8,11-12,14H2,1-2H3,(H,22,24). The fourth-order valence-electron chi connectivity index (χ4n) is 3.28. The van der Waals surface area contributed by atoms with Crippen molar-refractivity contribution in [2.75, 3.05) is 19.6 Å². The van der Waals surface area contributed by atoms with Gasteiger partial charge in [0, 0.05) is 25.2 Å². The Bertz CT molecular complexity index is 603. The number of nitrogens with one attached hydrogen (secondary N) is 1. The fourth-order valence-corrected chi connectivity index (χ4v) is 3.28. The molecule has 1 aliphatic heterocycles. The summed E-state index contributed by atoms with van der Waals surface area (Å²) in [6, 6.07) is 4.26. The normalized spacial score (nSPS) is 17.4. The number of nitrogens with zero attached hydrogens (tertiary/aromatic N) is 1. The Hall–Kier alpha value is -1.91. The molecule has 0 aliphatic carbocycles. The van der Waals surface area contributed by atoms with Crippen LogP contribution in [0.25, 0.3) is 0 Å². The van der Waals surface area contributed by atoms with Crippen LogP contribution in [-0.4, -0.2) is 36.3 Å². The van der Waals surface area contributed by atoms with Gasteiger partial charge in [-0.25, -0.2) is 4.39 Å². The maximum atomic E-state index is 13.5. The number of halogens is 1. The van der Waals surface area contributed by atoms with E-state index in [2.05, 4.69) is 12.2 Å². The molecule has 0 spiro atoms. The number of hydrogen-bond acceptors (Lipinski definition) is 2. The number of carbonyl (C=O) groups excluding carboxylic acids is 2. The average Bonchev–Trinajstić information content (AvgIpc) is 2.63. The molecule has 25 heavy (non-hydrogen) atoms. The van der Waals surface area contributed by atoms with Gasteiger partial charge in [-0.1, -0.05) is 32.3 Å². The first-order valence-corrected chi connectivity index (χ1v) is 9.36. The fraction of sp³-hybridized carbons (Fsp3) is 0.600. The van der Waals surface area contributed by atoms with Crippen molar-refractivity contribution >= 4 is 11.8 Å². The highest BCUT2D eigenvalue weighted by molar-refractivity contribution is 5.96. The van der Waals surface area contributed by atoms with Crippen molar-refractivity contribution in [2.24, 2.45) is 5.92 Å². The molecule has 4 nitrogen and oxygen atoms in total. The number of unbranched alkanes of at least 4 members (excludes halogenated alkanes) is 3. The Kier molecular flexibility index (Phi) is 7.41. The van der Waals surface area contributed by atoms with Crippen molar-refractivity contribution in [1.29, 1.82) is 0 Å². The minimum absolute atomic E-state index is 0.0324. The Morgan fingerprint density at radius 1 is 1.28 bits per heavy atom. The summed E-state index contributed by atoms with van der Waals surface area (Å²) >= 11 is 0. The first kappa shape index (κ1) is 19.4. The SMILES string of the molecule is CCCCCCNC(=O)C1CCCN(C(=O)c2cc(F)ccc2C)C1. The quantitative estimate of drug-likeness (QED) is 0.764. The highest BCUT2D eigenvalue weighted by Crippen LogP contribution is 2.21. The number of likely N-dealkylation sites (tertiary alicyclic amines) is 1. The smallest absolute Gasteiger partial charge is 0.254 e. The predicted molar refractivity (Wildman–Crippen MR) is 96.9 cm³/mol. The molecule has 1 fully saturated rings. The van der Waals surface area contributed by atoms with E-state index in [0.29, 0.717) is 25.2 Å². The van der Waals surface area contributed by atoms with Crippen LogP contribution in [-0.2, 0) is 4.79 Å². The molecule has 1 aliphatic rings. The molecule has 0 aromatic heterocycles. The van der Waals surface area contributed by atoms with E-state index in [1.54, 1.807) is 17.9 Å². The molecular formula is C20H29FN2O2. The van der Waals surface area contributed by atoms with E-state index in [0.717, 1.165) is 31.2 Å². The number of carbonyl (C=O) groups is 2. The van der Waals surface area contributed by atoms with Crippen LogP contribution in [0.5, 0.6) is 0 Å². The zero-order valence-electron chi connectivity index (χ0n) is 15.3. The molecule has 2 rings (SSSR count). The molecule has 1 atom stereocenters. The van der Waals surface area contributed by atoms with E-state index in [1.807, 2.05) is 0 Å². The van der Waals surface area contributed by atoms with Gasteiger partial charge in [0.25, 0.3) is 5.91 Å². The topological polar surface area (TPSA) is 49.4 Å². The summed E-state index contributed by atoms with van der Waals surface area (Å²) in [4.78, 5) is 26.7. The second kappa shape index (κ2) is 9.54. The number of rotatable bonds is 7. The number of benzene rings is 1. The largest absolute Gasteiger partial charge is 0.356 e. The summed E-state index contributed by atoms with van der Waals surface area (Å²) in [5, 5.41) is 2.99. The molecule has 2 amide bonds. The maximum absolute atomic E-state index is 13.5. The van der Waals surface area contributed by atoms with Crippen LogP contribution < -0.4 is 5.32 Å². The van der Waals surface area contributed by atoms with Crippen LogP contribution in [0.2, 0.25) is 0 Å². The van der Waals surface area contributed by atoms with Crippen molar-refractivity contribution in [2.45, 2.75) is 52.4 Å². The summed E-state index contributed by atoms with van der Waals surface area (Å²) in [6.45, 7) is 5.70. The number of aryl methyl sites for hydroxylation is 1. The number of amides is 2. The third-order valence-electron chi connectivity index (χ3n) is 4.84. The van der Waals surface area contributed by atoms with Crippen molar-refractivity contribution in [3.63, 3.8) is 0 Å². The van der Waals surface area contributed by atoms with E-state index in [9.17, 15) is 14.0 Å². The molecule has 1 unspecified atom stereocenters. The van der Waals surface area contributed by atoms with E-state index in [-0.39, 0.29) is 17.7 Å². The summed E-state index contributed by atoms with van der Waals surface area (Å²) in [5.74, 6) is -0.729. The van der Waals surface area contributed by atoms with Gasteiger partial charge in [-0.05, 0) is 43.9 Å². The Morgan fingerprint density at radius 2 is 2.08 bits per heavy atom. The van der Waals surface area contributed by atoms with E-state index < -0.39 is 5.82 Å². The van der Waals surface area contributed by atoms with Crippen LogP contribution in [0.4, 0.5) is 4.39 Å². The first-order chi connectivity index (χ1) is 12.0. The minimum Gasteiger partial charge on any atom is -0.356 e. The van der Waals surface area contributed by atoms with E-state index >= 15 is 0 Å². The zero-order valence-corrected chi connectivity index (χ0v) is 15.3. The Labute approximate surface area is 149 Å². The van der Waals surface area contributed by atoms with E-state index in [4.69, 9.17) is 0 Å². The number of piperidine rings is 1. The number of hydrogen-bond donors (Lipinski definition) is 1. The molecular weight excluding hydrogens is 319 g/mol. The third-order valence-corrected chi connectivity index (χ3v) is 4.84. The van der Waals surface area contributed by atoms with Crippen molar-refractivity contribution in [1.82, 2.24) is 10.2 Å². The van der Waals surface area contributed by atoms with Crippen molar-refractivity contribution in [3.8, 4) is 0 Å². The molecule has 138 valence electrons. The van der Waals surface area contributed by atoms with Gasteiger partial charge < -0.3 is 10.2 Å². The molecule has 1 N–H and O–H groups in total. The van der Waals surface area contributed by atoms with Crippen LogP contribution >= 0.6 is 0 Å². The molecule has 0 saturated carbocycles. The summed E-state index contributed by atoms with van der Waals surface area (Å²) in [7, 11) is 0. The van der Waals surface area contributed by atoms with Gasteiger partial charge in [0.15, 0.2) is 0 Å². The molecule has 5 heteroatoms. The molecule has 0 bridgehead atoms. The lowest BCUT2D eigenvalue weighted by molar-refractivity contribution is -0.126. The summed E-state index contributed by atoms with van der Waals surface area (Å²) in [6.07, 6.45) is 6.09. The monoisotopic (exact) mass is 348 g/mol. The molecule has 1 saturated heterocycles. The predicted octanol–water partition coefficient (Wildman–Crippen LogP) is 3.68. The van der Waals surface area contributed by atoms with Gasteiger partial charge in [0.2, 0.25) is 5.91 Å². The van der Waals surface area contributed by atoms with Gasteiger partial charge in [0.05, 0.1) is 5.92 Å². The molecule has 1 aromatic carbocycles. The Balaban J connectivity index is 1.90.